The monoisotopic (exact) mass is 129 g/mol. The summed E-state index contributed by atoms with van der Waals surface area (Å²) in [6.45, 7) is 2.25. The van der Waals surface area contributed by atoms with Crippen LogP contribution in [0.1, 0.15) is 13.3 Å². The van der Waals surface area contributed by atoms with E-state index >= 15 is 0 Å². The van der Waals surface area contributed by atoms with Crippen molar-refractivity contribution in [3.8, 4) is 0 Å². The zero-order chi connectivity index (χ0) is 6.91. The van der Waals surface area contributed by atoms with Gasteiger partial charge in [-0.1, -0.05) is 0 Å². The number of carbonyl (C=O) groups is 1. The number of aliphatic hydroxyl groups is 1. The molecule has 0 aromatic carbocycles. The smallest absolute Gasteiger partial charge is 0.137 e. The molecule has 0 radical (unpaired) electrons. The van der Waals surface area contributed by atoms with E-state index in [4.69, 9.17) is 0 Å². The Morgan fingerprint density at radius 1 is 1.89 bits per heavy atom. The van der Waals surface area contributed by atoms with E-state index in [2.05, 4.69) is 5.32 Å². The summed E-state index contributed by atoms with van der Waals surface area (Å²) in [5, 5.41) is 12.2. The van der Waals surface area contributed by atoms with Crippen molar-refractivity contribution in [3.63, 3.8) is 0 Å². The van der Waals surface area contributed by atoms with Gasteiger partial charge in [-0.2, -0.15) is 0 Å². The van der Waals surface area contributed by atoms with Gasteiger partial charge in [-0.05, 0) is 13.3 Å². The van der Waals surface area contributed by atoms with Crippen molar-refractivity contribution in [1.82, 2.24) is 5.32 Å². The number of β-amino-alcohol motifs (C(OH)–C–C–N with tert-alkyl or cyclic N) is 1. The normalized spacial score (nSPS) is 43.1. The third kappa shape index (κ3) is 1.50. The Balaban J connectivity index is 2.47. The lowest BCUT2D eigenvalue weighted by molar-refractivity contribution is -0.109. The van der Waals surface area contributed by atoms with E-state index in [1.165, 1.54) is 0 Å². The van der Waals surface area contributed by atoms with Crippen molar-refractivity contribution in [2.45, 2.75) is 25.0 Å². The van der Waals surface area contributed by atoms with Crippen LogP contribution in [-0.2, 0) is 4.79 Å². The zero-order valence-corrected chi connectivity index (χ0v) is 5.42. The summed E-state index contributed by atoms with van der Waals surface area (Å²) in [5.41, 5.74) is -0.675. The number of hydrogen-bond donors (Lipinski definition) is 2. The van der Waals surface area contributed by atoms with Crippen LogP contribution < -0.4 is 5.32 Å². The van der Waals surface area contributed by atoms with E-state index in [1.54, 1.807) is 6.92 Å². The van der Waals surface area contributed by atoms with Gasteiger partial charge in [0.1, 0.15) is 6.29 Å². The fourth-order valence-electron chi connectivity index (χ4n) is 1.07. The van der Waals surface area contributed by atoms with Crippen molar-refractivity contribution in [2.75, 3.05) is 6.54 Å². The Morgan fingerprint density at radius 2 is 2.56 bits per heavy atom. The molecule has 3 nitrogen and oxygen atoms in total. The maximum Gasteiger partial charge on any atom is 0.137 e. The van der Waals surface area contributed by atoms with Crippen molar-refractivity contribution in [1.29, 1.82) is 0 Å². The van der Waals surface area contributed by atoms with Crippen molar-refractivity contribution >= 4 is 6.29 Å². The van der Waals surface area contributed by atoms with Crippen LogP contribution in [-0.4, -0.2) is 29.6 Å². The predicted molar refractivity (Wildman–Crippen MR) is 33.1 cm³/mol. The number of carbonyl (C=O) groups excluding carboxylic acids is 1. The number of rotatable bonds is 1. The molecule has 9 heavy (non-hydrogen) atoms. The number of nitrogens with one attached hydrogen (secondary N) is 1. The highest BCUT2D eigenvalue weighted by Crippen LogP contribution is 2.16. The molecule has 0 spiro atoms. The average molecular weight is 129 g/mol. The van der Waals surface area contributed by atoms with Crippen LogP contribution in [0.5, 0.6) is 0 Å². The van der Waals surface area contributed by atoms with Gasteiger partial charge in [0.05, 0.1) is 11.6 Å². The molecule has 0 amide bonds. The molecule has 1 aliphatic heterocycles. The van der Waals surface area contributed by atoms with Crippen LogP contribution in [0.2, 0.25) is 0 Å². The summed E-state index contributed by atoms with van der Waals surface area (Å²) >= 11 is 0. The highest BCUT2D eigenvalue weighted by Gasteiger charge is 2.31. The second-order valence-electron chi connectivity index (χ2n) is 2.82. The summed E-state index contributed by atoms with van der Waals surface area (Å²) in [7, 11) is 0. The van der Waals surface area contributed by atoms with Crippen molar-refractivity contribution in [3.05, 3.63) is 0 Å². The van der Waals surface area contributed by atoms with Crippen LogP contribution in [0, 0.1) is 0 Å². The maximum atomic E-state index is 10.1. The Hall–Kier alpha value is -0.410. The Bertz CT molecular complexity index is 122. The Morgan fingerprint density at radius 3 is 2.78 bits per heavy atom. The SMILES string of the molecule is C[C@]1(O)CNC(C=O)C1. The summed E-state index contributed by atoms with van der Waals surface area (Å²) in [4.78, 5) is 10.1. The molecule has 1 fully saturated rings. The summed E-state index contributed by atoms with van der Waals surface area (Å²) < 4.78 is 0. The number of aldehydes is 1. The minimum atomic E-state index is -0.675. The van der Waals surface area contributed by atoms with Crippen molar-refractivity contribution in [2.24, 2.45) is 0 Å². The molecule has 0 aromatic heterocycles. The summed E-state index contributed by atoms with van der Waals surface area (Å²) in [6, 6.07) is -0.139. The molecular weight excluding hydrogens is 118 g/mol. The first kappa shape index (κ1) is 6.71. The molecule has 0 aromatic rings. The first-order valence-electron chi connectivity index (χ1n) is 3.05. The highest BCUT2D eigenvalue weighted by atomic mass is 16.3. The summed E-state index contributed by atoms with van der Waals surface area (Å²) in [5.74, 6) is 0. The van der Waals surface area contributed by atoms with Crippen LogP contribution in [0.15, 0.2) is 0 Å². The molecule has 1 unspecified atom stereocenters. The molecule has 52 valence electrons. The molecule has 0 saturated carbocycles. The van der Waals surface area contributed by atoms with Gasteiger partial charge in [-0.25, -0.2) is 0 Å². The van der Waals surface area contributed by atoms with Gasteiger partial charge in [-0.15, -0.1) is 0 Å². The molecule has 1 rings (SSSR count). The fraction of sp³-hybridized carbons (Fsp3) is 0.833. The van der Waals surface area contributed by atoms with Crippen LogP contribution in [0.3, 0.4) is 0 Å². The Labute approximate surface area is 54.1 Å². The molecule has 2 N–H and O–H groups in total. The maximum absolute atomic E-state index is 10.1. The average Bonchev–Trinajstić information content (AvgIpc) is 2.10. The van der Waals surface area contributed by atoms with Gasteiger partial charge in [-0.3, -0.25) is 0 Å². The van der Waals surface area contributed by atoms with Gasteiger partial charge in [0.15, 0.2) is 0 Å². The van der Waals surface area contributed by atoms with Gasteiger partial charge in [0.25, 0.3) is 0 Å². The number of hydrogen-bond acceptors (Lipinski definition) is 3. The molecule has 2 atom stereocenters. The lowest BCUT2D eigenvalue weighted by Crippen LogP contribution is -2.26. The summed E-state index contributed by atoms with van der Waals surface area (Å²) in [6.07, 6.45) is 1.37. The van der Waals surface area contributed by atoms with E-state index in [0.717, 1.165) is 6.29 Å². The molecule has 3 heteroatoms. The standard InChI is InChI=1S/C6H11NO2/c1-6(9)2-5(3-8)7-4-6/h3,5,7,9H,2,4H2,1H3/t5?,6-/m1/s1. The second-order valence-corrected chi connectivity index (χ2v) is 2.82. The van der Waals surface area contributed by atoms with E-state index in [-0.39, 0.29) is 6.04 Å². The zero-order valence-electron chi connectivity index (χ0n) is 5.42. The van der Waals surface area contributed by atoms with Crippen LogP contribution in [0.4, 0.5) is 0 Å². The van der Waals surface area contributed by atoms with Gasteiger partial charge in [0.2, 0.25) is 0 Å². The lowest BCUT2D eigenvalue weighted by Gasteiger charge is -2.12. The van der Waals surface area contributed by atoms with E-state index in [1.807, 2.05) is 0 Å². The van der Waals surface area contributed by atoms with Crippen molar-refractivity contribution < 1.29 is 9.90 Å². The first-order valence-corrected chi connectivity index (χ1v) is 3.05. The third-order valence-electron chi connectivity index (χ3n) is 1.57. The van der Waals surface area contributed by atoms with Crippen LogP contribution >= 0.6 is 0 Å². The minimum absolute atomic E-state index is 0.139. The van der Waals surface area contributed by atoms with Gasteiger partial charge < -0.3 is 15.2 Å². The highest BCUT2D eigenvalue weighted by molar-refractivity contribution is 5.58. The lowest BCUT2D eigenvalue weighted by atomic mass is 10.0. The fourth-order valence-corrected chi connectivity index (χ4v) is 1.07. The largest absolute Gasteiger partial charge is 0.389 e. The Kier molecular flexibility index (Phi) is 1.55. The molecular formula is C6H11NO2. The van der Waals surface area contributed by atoms with E-state index in [0.29, 0.717) is 13.0 Å². The third-order valence-corrected chi connectivity index (χ3v) is 1.57. The second kappa shape index (κ2) is 2.08. The van der Waals surface area contributed by atoms with Crippen LogP contribution in [0.25, 0.3) is 0 Å². The molecule has 1 aliphatic rings. The molecule has 0 aliphatic carbocycles. The molecule has 1 heterocycles. The van der Waals surface area contributed by atoms with Gasteiger partial charge >= 0.3 is 0 Å². The minimum Gasteiger partial charge on any atom is -0.389 e. The topological polar surface area (TPSA) is 49.3 Å². The molecule has 0 bridgehead atoms. The molecule has 1 saturated heterocycles. The van der Waals surface area contributed by atoms with E-state index in [9.17, 15) is 9.90 Å². The quantitative estimate of drug-likeness (QED) is 0.460. The predicted octanol–water partition coefficient (Wildman–Crippen LogP) is -0.702. The van der Waals surface area contributed by atoms with Gasteiger partial charge in [0, 0.05) is 6.54 Å². The van der Waals surface area contributed by atoms with E-state index < -0.39 is 5.60 Å². The first-order chi connectivity index (χ1) is 4.14.